The summed E-state index contributed by atoms with van der Waals surface area (Å²) in [6.07, 6.45) is 0. The van der Waals surface area contributed by atoms with Gasteiger partial charge >= 0.3 is 5.97 Å². The van der Waals surface area contributed by atoms with Gasteiger partial charge in [0.15, 0.2) is 0 Å². The number of anilines is 1. The van der Waals surface area contributed by atoms with Crippen molar-refractivity contribution >= 4 is 17.6 Å². The summed E-state index contributed by atoms with van der Waals surface area (Å²) < 4.78 is 4.61. The SMILES string of the molecule is COC(=O)c1ccc(NC(=O)c2cc(-c3ccc(O)cc3O)n[nH]2)cc1. The van der Waals surface area contributed by atoms with E-state index >= 15 is 0 Å². The highest BCUT2D eigenvalue weighted by atomic mass is 16.5. The number of carbonyl (C=O) groups excluding carboxylic acids is 2. The normalized spacial score (nSPS) is 10.3. The van der Waals surface area contributed by atoms with Crippen molar-refractivity contribution in [3.63, 3.8) is 0 Å². The highest BCUT2D eigenvalue weighted by molar-refractivity contribution is 6.03. The minimum Gasteiger partial charge on any atom is -0.508 e. The highest BCUT2D eigenvalue weighted by Gasteiger charge is 2.14. The molecule has 0 unspecified atom stereocenters. The Kier molecular flexibility index (Phi) is 4.57. The number of methoxy groups -OCH3 is 1. The average Bonchev–Trinajstić information content (AvgIpc) is 3.11. The number of nitrogens with one attached hydrogen (secondary N) is 2. The Morgan fingerprint density at radius 1 is 1.08 bits per heavy atom. The zero-order chi connectivity index (χ0) is 18.7. The predicted octanol–water partition coefficient (Wildman–Crippen LogP) is 2.53. The molecule has 8 nitrogen and oxygen atoms in total. The van der Waals surface area contributed by atoms with E-state index in [2.05, 4.69) is 20.3 Å². The van der Waals surface area contributed by atoms with E-state index in [0.717, 1.165) is 0 Å². The van der Waals surface area contributed by atoms with Crippen molar-refractivity contribution in [2.75, 3.05) is 12.4 Å². The molecule has 26 heavy (non-hydrogen) atoms. The molecule has 3 aromatic rings. The van der Waals surface area contributed by atoms with Crippen LogP contribution in [0.3, 0.4) is 0 Å². The van der Waals surface area contributed by atoms with Crippen LogP contribution in [0.2, 0.25) is 0 Å². The average molecular weight is 353 g/mol. The van der Waals surface area contributed by atoms with E-state index in [4.69, 9.17) is 0 Å². The molecule has 0 bridgehead atoms. The monoisotopic (exact) mass is 353 g/mol. The van der Waals surface area contributed by atoms with Crippen molar-refractivity contribution in [3.8, 4) is 22.8 Å². The first kappa shape index (κ1) is 17.0. The van der Waals surface area contributed by atoms with Crippen LogP contribution in [0.15, 0.2) is 48.5 Å². The fourth-order valence-electron chi connectivity index (χ4n) is 2.32. The fraction of sp³-hybridized carbons (Fsp3) is 0.0556. The van der Waals surface area contributed by atoms with Crippen LogP contribution in [0.25, 0.3) is 11.3 Å². The Labute approximate surface area is 148 Å². The number of rotatable bonds is 4. The lowest BCUT2D eigenvalue weighted by molar-refractivity contribution is 0.0600. The van der Waals surface area contributed by atoms with Crippen molar-refractivity contribution < 1.29 is 24.5 Å². The first-order valence-electron chi connectivity index (χ1n) is 7.55. The molecule has 0 fully saturated rings. The number of carbonyl (C=O) groups is 2. The summed E-state index contributed by atoms with van der Waals surface area (Å²) in [5.74, 6) is -1.13. The van der Waals surface area contributed by atoms with E-state index in [0.29, 0.717) is 22.5 Å². The Bertz CT molecular complexity index is 963. The maximum absolute atomic E-state index is 12.3. The molecule has 8 heteroatoms. The summed E-state index contributed by atoms with van der Waals surface area (Å²) in [4.78, 5) is 23.7. The minimum atomic E-state index is -0.463. The van der Waals surface area contributed by atoms with Crippen molar-refractivity contribution in [1.82, 2.24) is 10.2 Å². The lowest BCUT2D eigenvalue weighted by atomic mass is 10.1. The molecule has 132 valence electrons. The first-order valence-corrected chi connectivity index (χ1v) is 7.55. The number of hydrogen-bond acceptors (Lipinski definition) is 6. The first-order chi connectivity index (χ1) is 12.5. The van der Waals surface area contributed by atoms with E-state index in [-0.39, 0.29) is 17.2 Å². The molecule has 0 saturated heterocycles. The minimum absolute atomic E-state index is 0.0739. The molecule has 2 aromatic carbocycles. The molecule has 0 aliphatic carbocycles. The molecule has 0 spiro atoms. The van der Waals surface area contributed by atoms with Gasteiger partial charge in [0, 0.05) is 17.3 Å². The number of aromatic amines is 1. The number of aromatic hydroxyl groups is 2. The van der Waals surface area contributed by atoms with Gasteiger partial charge in [0.05, 0.1) is 18.4 Å². The summed E-state index contributed by atoms with van der Waals surface area (Å²) in [5.41, 5.74) is 1.78. The summed E-state index contributed by atoms with van der Waals surface area (Å²) >= 11 is 0. The molecule has 0 radical (unpaired) electrons. The summed E-state index contributed by atoms with van der Waals surface area (Å²) in [7, 11) is 1.29. The van der Waals surface area contributed by atoms with Gasteiger partial charge < -0.3 is 20.3 Å². The van der Waals surface area contributed by atoms with Crippen molar-refractivity contribution in [3.05, 3.63) is 59.8 Å². The molecule has 0 aliphatic heterocycles. The van der Waals surface area contributed by atoms with Crippen LogP contribution < -0.4 is 5.32 Å². The number of hydrogen-bond donors (Lipinski definition) is 4. The van der Waals surface area contributed by atoms with Gasteiger partial charge in [-0.2, -0.15) is 5.10 Å². The fourth-order valence-corrected chi connectivity index (χ4v) is 2.32. The number of benzene rings is 2. The number of phenolic OH excluding ortho intramolecular Hbond substituents is 2. The second-order valence-electron chi connectivity index (χ2n) is 5.39. The van der Waals surface area contributed by atoms with Gasteiger partial charge in [0.25, 0.3) is 5.91 Å². The number of nitrogens with zero attached hydrogens (tertiary/aromatic N) is 1. The maximum atomic E-state index is 12.3. The third-order valence-corrected chi connectivity index (χ3v) is 3.64. The van der Waals surface area contributed by atoms with E-state index in [9.17, 15) is 19.8 Å². The Hall–Kier alpha value is -3.81. The van der Waals surface area contributed by atoms with Gasteiger partial charge in [-0.15, -0.1) is 0 Å². The van der Waals surface area contributed by atoms with E-state index in [1.807, 2.05) is 0 Å². The van der Waals surface area contributed by atoms with Gasteiger partial charge in [-0.25, -0.2) is 4.79 Å². The van der Waals surface area contributed by atoms with Gasteiger partial charge in [-0.3, -0.25) is 9.89 Å². The number of ether oxygens (including phenoxy) is 1. The lowest BCUT2D eigenvalue weighted by Gasteiger charge is -2.04. The van der Waals surface area contributed by atoms with Gasteiger partial charge in [0.2, 0.25) is 0 Å². The van der Waals surface area contributed by atoms with Crippen molar-refractivity contribution in [2.45, 2.75) is 0 Å². The number of phenols is 2. The molecule has 4 N–H and O–H groups in total. The summed E-state index contributed by atoms with van der Waals surface area (Å²) in [5, 5.41) is 28.5. The van der Waals surface area contributed by atoms with Gasteiger partial charge in [-0.1, -0.05) is 0 Å². The van der Waals surface area contributed by atoms with E-state index in [1.165, 1.54) is 43.5 Å². The molecular weight excluding hydrogens is 338 g/mol. The molecule has 1 amide bonds. The molecule has 3 rings (SSSR count). The smallest absolute Gasteiger partial charge is 0.337 e. The van der Waals surface area contributed by atoms with Crippen LogP contribution in [0.1, 0.15) is 20.8 Å². The Morgan fingerprint density at radius 3 is 2.46 bits per heavy atom. The third-order valence-electron chi connectivity index (χ3n) is 3.64. The number of H-pyrrole nitrogens is 1. The van der Waals surface area contributed by atoms with Crippen molar-refractivity contribution in [2.24, 2.45) is 0 Å². The van der Waals surface area contributed by atoms with Crippen LogP contribution in [0.5, 0.6) is 11.5 Å². The second-order valence-corrected chi connectivity index (χ2v) is 5.39. The molecule has 0 aliphatic rings. The number of amides is 1. The highest BCUT2D eigenvalue weighted by Crippen LogP contribution is 2.31. The summed E-state index contributed by atoms with van der Waals surface area (Å²) in [6.45, 7) is 0. The van der Waals surface area contributed by atoms with Gasteiger partial charge in [-0.05, 0) is 42.5 Å². The van der Waals surface area contributed by atoms with Crippen LogP contribution >= 0.6 is 0 Å². The molecule has 0 atom stereocenters. The topological polar surface area (TPSA) is 125 Å². The lowest BCUT2D eigenvalue weighted by Crippen LogP contribution is -2.12. The second kappa shape index (κ2) is 6.98. The molecule has 0 saturated carbocycles. The largest absolute Gasteiger partial charge is 0.508 e. The Balaban J connectivity index is 1.75. The van der Waals surface area contributed by atoms with Crippen molar-refractivity contribution in [1.29, 1.82) is 0 Å². The third kappa shape index (κ3) is 3.48. The quantitative estimate of drug-likeness (QED) is 0.534. The van der Waals surface area contributed by atoms with E-state index in [1.54, 1.807) is 12.1 Å². The molecule has 1 heterocycles. The molecular formula is C18H15N3O5. The van der Waals surface area contributed by atoms with Crippen LogP contribution in [0.4, 0.5) is 5.69 Å². The zero-order valence-electron chi connectivity index (χ0n) is 13.7. The number of aromatic nitrogens is 2. The standard InChI is InChI=1S/C18H15N3O5/c1-26-18(25)10-2-4-11(5-3-10)19-17(24)15-9-14(20-21-15)13-7-6-12(22)8-16(13)23/h2-9,22-23H,1H3,(H,19,24)(H,20,21). The zero-order valence-corrected chi connectivity index (χ0v) is 13.7. The summed E-state index contributed by atoms with van der Waals surface area (Å²) in [6, 6.07) is 11.8. The maximum Gasteiger partial charge on any atom is 0.337 e. The molecule has 1 aromatic heterocycles. The van der Waals surface area contributed by atoms with Gasteiger partial charge in [0.1, 0.15) is 17.2 Å². The van der Waals surface area contributed by atoms with Crippen LogP contribution in [-0.4, -0.2) is 39.4 Å². The Morgan fingerprint density at radius 2 is 1.81 bits per heavy atom. The predicted molar refractivity (Wildman–Crippen MR) is 93.1 cm³/mol. The number of esters is 1. The van der Waals surface area contributed by atoms with E-state index < -0.39 is 11.9 Å². The van der Waals surface area contributed by atoms with Crippen LogP contribution in [0, 0.1) is 0 Å². The van der Waals surface area contributed by atoms with Crippen LogP contribution in [-0.2, 0) is 4.74 Å².